The predicted octanol–water partition coefficient (Wildman–Crippen LogP) is 4.88. The van der Waals surface area contributed by atoms with Crippen molar-refractivity contribution in [3.8, 4) is 11.1 Å². The summed E-state index contributed by atoms with van der Waals surface area (Å²) < 4.78 is 10.9. The summed E-state index contributed by atoms with van der Waals surface area (Å²) in [6.45, 7) is 10.1. The van der Waals surface area contributed by atoms with E-state index in [9.17, 15) is 9.59 Å². The number of nitrogens with zero attached hydrogens (tertiary/aromatic N) is 2. The van der Waals surface area contributed by atoms with E-state index in [0.29, 0.717) is 12.8 Å². The Morgan fingerprint density at radius 3 is 2.35 bits per heavy atom. The Morgan fingerprint density at radius 1 is 1.06 bits per heavy atom. The van der Waals surface area contributed by atoms with Gasteiger partial charge < -0.3 is 19.3 Å². The molecule has 4 rings (SSSR count). The summed E-state index contributed by atoms with van der Waals surface area (Å²) in [5, 5.41) is 0. The largest absolute Gasteiger partial charge is 0.432 e. The highest BCUT2D eigenvalue weighted by Crippen LogP contribution is 2.29. The Labute approximate surface area is 202 Å². The zero-order valence-electron chi connectivity index (χ0n) is 20.7. The van der Waals surface area contributed by atoms with Gasteiger partial charge >= 0.3 is 5.97 Å². The minimum absolute atomic E-state index is 0.149. The third-order valence-corrected chi connectivity index (χ3v) is 6.77. The summed E-state index contributed by atoms with van der Waals surface area (Å²) in [6, 6.07) is 19.2. The molecule has 0 spiro atoms. The fourth-order valence-corrected chi connectivity index (χ4v) is 4.91. The number of amides is 1. The summed E-state index contributed by atoms with van der Waals surface area (Å²) >= 11 is 0. The highest BCUT2D eigenvalue weighted by atomic mass is 16.8. The molecule has 34 heavy (non-hydrogen) atoms. The number of esters is 1. The van der Waals surface area contributed by atoms with Crippen molar-refractivity contribution >= 4 is 17.6 Å². The Balaban J connectivity index is 1.26. The van der Waals surface area contributed by atoms with Gasteiger partial charge in [-0.25, -0.2) is 4.79 Å². The molecule has 0 radical (unpaired) electrons. The molecule has 0 aromatic heterocycles. The van der Waals surface area contributed by atoms with Crippen LogP contribution < -0.4 is 4.90 Å². The lowest BCUT2D eigenvalue weighted by atomic mass is 9.98. The second-order valence-corrected chi connectivity index (χ2v) is 10.1. The third kappa shape index (κ3) is 5.79. The molecule has 2 heterocycles. The number of benzene rings is 2. The van der Waals surface area contributed by atoms with Crippen LogP contribution >= 0.6 is 0 Å². The van der Waals surface area contributed by atoms with Crippen LogP contribution in [0.5, 0.6) is 0 Å². The van der Waals surface area contributed by atoms with Crippen molar-refractivity contribution in [3.63, 3.8) is 0 Å². The first-order chi connectivity index (χ1) is 16.2. The summed E-state index contributed by atoms with van der Waals surface area (Å²) in [7, 11) is 0. The molecular formula is C28H36N2O4. The molecule has 0 N–H and O–H groups in total. The molecule has 1 unspecified atom stereocenters. The quantitative estimate of drug-likeness (QED) is 0.547. The second-order valence-electron chi connectivity index (χ2n) is 10.1. The molecule has 6 heteroatoms. The highest BCUT2D eigenvalue weighted by Gasteiger charge is 2.40. The van der Waals surface area contributed by atoms with E-state index in [1.54, 1.807) is 13.8 Å². The Hall–Kier alpha value is -2.86. The van der Waals surface area contributed by atoms with Crippen molar-refractivity contribution < 1.29 is 19.1 Å². The van der Waals surface area contributed by atoms with Crippen LogP contribution in [0, 0.1) is 5.92 Å². The maximum Gasteiger partial charge on any atom is 0.337 e. The summed E-state index contributed by atoms with van der Waals surface area (Å²) in [4.78, 5) is 29.3. The topological polar surface area (TPSA) is 59.1 Å². The normalized spacial score (nSPS) is 23.0. The average Bonchev–Trinajstić information content (AvgIpc) is 3.09. The molecule has 1 amide bonds. The molecule has 0 bridgehead atoms. The number of cyclic esters (lactones) is 1. The zero-order valence-corrected chi connectivity index (χ0v) is 20.7. The van der Waals surface area contributed by atoms with Gasteiger partial charge in [-0.05, 0) is 48.9 Å². The molecule has 2 aliphatic heterocycles. The molecule has 2 saturated heterocycles. The first-order valence-corrected chi connectivity index (χ1v) is 12.3. The van der Waals surface area contributed by atoms with E-state index < -0.39 is 11.9 Å². The monoisotopic (exact) mass is 464 g/mol. The minimum atomic E-state index is -0.849. The van der Waals surface area contributed by atoms with Crippen LogP contribution in [0.4, 0.5) is 5.69 Å². The Kier molecular flexibility index (Phi) is 7.27. The summed E-state index contributed by atoms with van der Waals surface area (Å²) in [6.07, 6.45) is 1.30. The lowest BCUT2D eigenvalue weighted by Gasteiger charge is -2.41. The van der Waals surface area contributed by atoms with Crippen LogP contribution in [0.25, 0.3) is 11.1 Å². The maximum absolute atomic E-state index is 13.0. The summed E-state index contributed by atoms with van der Waals surface area (Å²) in [5.41, 5.74) is 3.62. The number of ether oxygens (including phenoxy) is 2. The Morgan fingerprint density at radius 2 is 1.74 bits per heavy atom. The molecule has 6 nitrogen and oxygen atoms in total. The van der Waals surface area contributed by atoms with Crippen molar-refractivity contribution in [2.45, 2.75) is 64.9 Å². The van der Waals surface area contributed by atoms with E-state index in [1.165, 1.54) is 16.8 Å². The zero-order chi connectivity index (χ0) is 24.3. The predicted molar refractivity (Wildman–Crippen MR) is 133 cm³/mol. The standard InChI is InChI=1S/C28H36N2O4/c1-20(10-15-25-27(32)34-28(3,4)33-25)18-26(31)30-17-16-29(19-21(30)2)24-13-11-23(12-14-24)22-8-6-5-7-9-22/h5-9,11-14,20-21,25H,10,15-19H2,1-4H3/t20?,21-,25+/m1/s1. The van der Waals surface area contributed by atoms with Gasteiger partial charge in [0, 0.05) is 51.6 Å². The fourth-order valence-electron chi connectivity index (χ4n) is 4.91. The van der Waals surface area contributed by atoms with Gasteiger partial charge in [-0.1, -0.05) is 49.4 Å². The number of carbonyl (C=O) groups excluding carboxylic acids is 2. The number of carbonyl (C=O) groups is 2. The lowest BCUT2D eigenvalue weighted by molar-refractivity contribution is -0.161. The van der Waals surface area contributed by atoms with Gasteiger partial charge in [-0.3, -0.25) is 4.79 Å². The fraction of sp³-hybridized carbons (Fsp3) is 0.500. The SMILES string of the molecule is CC(CC[C@@H]1OC(C)(C)OC1=O)CC(=O)N1CCN(c2ccc(-c3ccccc3)cc2)C[C@H]1C. The van der Waals surface area contributed by atoms with Gasteiger partial charge in [0.05, 0.1) is 0 Å². The molecule has 2 fully saturated rings. The molecule has 2 aliphatic rings. The first kappa shape index (κ1) is 24.3. The van der Waals surface area contributed by atoms with E-state index in [0.717, 1.165) is 26.1 Å². The van der Waals surface area contributed by atoms with Crippen LogP contribution in [0.3, 0.4) is 0 Å². The molecule has 2 aromatic carbocycles. The first-order valence-electron chi connectivity index (χ1n) is 12.3. The lowest BCUT2D eigenvalue weighted by Crippen LogP contribution is -2.54. The van der Waals surface area contributed by atoms with Gasteiger partial charge in [0.2, 0.25) is 11.7 Å². The van der Waals surface area contributed by atoms with Crippen LogP contribution in [0.2, 0.25) is 0 Å². The minimum Gasteiger partial charge on any atom is -0.432 e. The summed E-state index contributed by atoms with van der Waals surface area (Å²) in [5.74, 6) is -0.777. The number of piperazine rings is 1. The molecule has 2 aromatic rings. The molecule has 182 valence electrons. The van der Waals surface area contributed by atoms with Gasteiger partial charge in [-0.2, -0.15) is 0 Å². The van der Waals surface area contributed by atoms with E-state index in [-0.39, 0.29) is 23.8 Å². The second kappa shape index (κ2) is 10.2. The Bertz CT molecular complexity index is 989. The third-order valence-electron chi connectivity index (χ3n) is 6.77. The molecular weight excluding hydrogens is 428 g/mol. The van der Waals surface area contributed by atoms with Gasteiger partial charge in [0.25, 0.3) is 0 Å². The van der Waals surface area contributed by atoms with Crippen molar-refractivity contribution in [1.29, 1.82) is 0 Å². The van der Waals surface area contributed by atoms with Crippen LogP contribution in [-0.2, 0) is 19.1 Å². The highest BCUT2D eigenvalue weighted by molar-refractivity contribution is 5.78. The van der Waals surface area contributed by atoms with Gasteiger partial charge in [0.1, 0.15) is 0 Å². The van der Waals surface area contributed by atoms with Crippen LogP contribution in [0.15, 0.2) is 54.6 Å². The average molecular weight is 465 g/mol. The number of rotatable bonds is 7. The van der Waals surface area contributed by atoms with E-state index in [4.69, 9.17) is 9.47 Å². The molecule has 0 saturated carbocycles. The number of anilines is 1. The molecule has 0 aliphatic carbocycles. The number of hydrogen-bond donors (Lipinski definition) is 0. The van der Waals surface area contributed by atoms with Crippen LogP contribution in [0.1, 0.15) is 47.0 Å². The van der Waals surface area contributed by atoms with E-state index in [2.05, 4.69) is 67.3 Å². The van der Waals surface area contributed by atoms with Crippen molar-refractivity contribution in [3.05, 3.63) is 54.6 Å². The molecule has 3 atom stereocenters. The van der Waals surface area contributed by atoms with E-state index >= 15 is 0 Å². The van der Waals surface area contributed by atoms with Crippen LogP contribution in [-0.4, -0.2) is 54.3 Å². The van der Waals surface area contributed by atoms with Crippen molar-refractivity contribution in [2.75, 3.05) is 24.5 Å². The smallest absolute Gasteiger partial charge is 0.337 e. The van der Waals surface area contributed by atoms with Crippen molar-refractivity contribution in [1.82, 2.24) is 4.90 Å². The van der Waals surface area contributed by atoms with Crippen molar-refractivity contribution in [2.24, 2.45) is 5.92 Å². The maximum atomic E-state index is 13.0. The van der Waals surface area contributed by atoms with Gasteiger partial charge in [0.15, 0.2) is 6.10 Å². The van der Waals surface area contributed by atoms with E-state index in [1.807, 2.05) is 11.0 Å². The van der Waals surface area contributed by atoms with Gasteiger partial charge in [-0.15, -0.1) is 0 Å². The number of hydrogen-bond acceptors (Lipinski definition) is 5.